The van der Waals surface area contributed by atoms with Crippen LogP contribution in [-0.4, -0.2) is 7.11 Å². The van der Waals surface area contributed by atoms with E-state index in [0.717, 1.165) is 14.5 Å². The highest BCUT2D eigenvalue weighted by molar-refractivity contribution is 9.10. The lowest BCUT2D eigenvalue weighted by molar-refractivity contribution is 0.410. The quantitative estimate of drug-likeness (QED) is 0.593. The van der Waals surface area contributed by atoms with Crippen LogP contribution in [0.25, 0.3) is 0 Å². The Morgan fingerprint density at radius 2 is 1.63 bits per heavy atom. The van der Waals surface area contributed by atoms with Gasteiger partial charge in [-0.15, -0.1) is 11.6 Å². The molecular weight excluding hydrogens is 398 g/mol. The van der Waals surface area contributed by atoms with Crippen molar-refractivity contribution >= 4 is 43.5 Å². The van der Waals surface area contributed by atoms with Crippen molar-refractivity contribution in [2.45, 2.75) is 5.38 Å². The van der Waals surface area contributed by atoms with E-state index in [4.69, 9.17) is 16.3 Å². The number of rotatable bonds is 3. The standard InChI is InChI=1S/C14H10Br2ClFO/c1-19-13-5-3-9(16)7-11(13)14(17)10-6-8(15)2-4-12(10)18/h2-7,14H,1H3. The Kier molecular flexibility index (Phi) is 4.87. The molecule has 100 valence electrons. The smallest absolute Gasteiger partial charge is 0.128 e. The van der Waals surface area contributed by atoms with E-state index >= 15 is 0 Å². The first-order chi connectivity index (χ1) is 9.02. The average Bonchev–Trinajstić information content (AvgIpc) is 2.40. The summed E-state index contributed by atoms with van der Waals surface area (Å²) in [6.07, 6.45) is 0. The third kappa shape index (κ3) is 3.30. The van der Waals surface area contributed by atoms with E-state index < -0.39 is 5.38 Å². The summed E-state index contributed by atoms with van der Waals surface area (Å²) in [5, 5.41) is -0.620. The molecule has 0 N–H and O–H groups in total. The van der Waals surface area contributed by atoms with Crippen LogP contribution in [0.5, 0.6) is 5.75 Å². The summed E-state index contributed by atoms with van der Waals surface area (Å²) in [6, 6.07) is 10.2. The third-order valence-electron chi connectivity index (χ3n) is 2.70. The van der Waals surface area contributed by atoms with Gasteiger partial charge in [-0.1, -0.05) is 31.9 Å². The molecule has 0 radical (unpaired) electrons. The first kappa shape index (κ1) is 14.8. The Morgan fingerprint density at radius 1 is 1.05 bits per heavy atom. The summed E-state index contributed by atoms with van der Waals surface area (Å²) >= 11 is 13.1. The molecule has 5 heteroatoms. The molecule has 0 fully saturated rings. The Balaban J connectivity index is 2.51. The molecule has 0 spiro atoms. The summed E-state index contributed by atoms with van der Waals surface area (Å²) < 4.78 is 20.8. The van der Waals surface area contributed by atoms with E-state index in [1.165, 1.54) is 6.07 Å². The molecule has 0 aromatic heterocycles. The number of benzene rings is 2. The minimum absolute atomic E-state index is 0.342. The molecule has 1 atom stereocenters. The van der Waals surface area contributed by atoms with Crippen LogP contribution in [0, 0.1) is 5.82 Å². The second kappa shape index (κ2) is 6.25. The van der Waals surface area contributed by atoms with E-state index in [1.54, 1.807) is 25.3 Å². The Morgan fingerprint density at radius 3 is 2.26 bits per heavy atom. The van der Waals surface area contributed by atoms with E-state index in [1.807, 2.05) is 12.1 Å². The van der Waals surface area contributed by atoms with Gasteiger partial charge < -0.3 is 4.74 Å². The molecule has 0 aliphatic heterocycles. The molecule has 0 bridgehead atoms. The van der Waals surface area contributed by atoms with Crippen LogP contribution >= 0.6 is 43.5 Å². The van der Waals surface area contributed by atoms with Crippen LogP contribution < -0.4 is 4.74 Å². The molecule has 0 aliphatic carbocycles. The molecule has 1 unspecified atom stereocenters. The lowest BCUT2D eigenvalue weighted by atomic mass is 10.0. The maximum Gasteiger partial charge on any atom is 0.128 e. The molecule has 0 saturated carbocycles. The predicted molar refractivity (Wildman–Crippen MR) is 82.5 cm³/mol. The fourth-order valence-electron chi connectivity index (χ4n) is 1.78. The highest BCUT2D eigenvalue weighted by atomic mass is 79.9. The van der Waals surface area contributed by atoms with Gasteiger partial charge in [-0.3, -0.25) is 0 Å². The zero-order valence-corrected chi connectivity index (χ0v) is 13.9. The lowest BCUT2D eigenvalue weighted by Gasteiger charge is -2.15. The van der Waals surface area contributed by atoms with Crippen molar-refractivity contribution in [3.8, 4) is 5.75 Å². The number of hydrogen-bond acceptors (Lipinski definition) is 1. The number of halogens is 4. The van der Waals surface area contributed by atoms with Gasteiger partial charge in [0.05, 0.1) is 12.5 Å². The summed E-state index contributed by atoms with van der Waals surface area (Å²) in [6.45, 7) is 0. The molecule has 19 heavy (non-hydrogen) atoms. The minimum atomic E-state index is -0.620. The number of methoxy groups -OCH3 is 1. The van der Waals surface area contributed by atoms with Crippen LogP contribution in [0.3, 0.4) is 0 Å². The Hall–Kier alpha value is -0.580. The molecule has 2 aromatic carbocycles. The van der Waals surface area contributed by atoms with Crippen molar-refractivity contribution in [2.24, 2.45) is 0 Å². The molecule has 2 rings (SSSR count). The van der Waals surface area contributed by atoms with Crippen molar-refractivity contribution < 1.29 is 9.13 Å². The summed E-state index contributed by atoms with van der Waals surface area (Å²) in [7, 11) is 1.56. The minimum Gasteiger partial charge on any atom is -0.496 e. The normalized spacial score (nSPS) is 12.3. The molecule has 2 aromatic rings. The summed E-state index contributed by atoms with van der Waals surface area (Å²) in [5.41, 5.74) is 1.13. The highest BCUT2D eigenvalue weighted by Gasteiger charge is 2.19. The monoisotopic (exact) mass is 406 g/mol. The molecule has 0 heterocycles. The van der Waals surface area contributed by atoms with Crippen LogP contribution in [0.1, 0.15) is 16.5 Å². The first-order valence-corrected chi connectivity index (χ1v) is 7.47. The maximum atomic E-state index is 13.9. The maximum absolute atomic E-state index is 13.9. The zero-order valence-electron chi connectivity index (χ0n) is 9.96. The fourth-order valence-corrected chi connectivity index (χ4v) is 2.87. The fraction of sp³-hybridized carbons (Fsp3) is 0.143. The molecular formula is C14H10Br2ClFO. The van der Waals surface area contributed by atoms with Crippen LogP contribution in [0.4, 0.5) is 4.39 Å². The van der Waals surface area contributed by atoms with Crippen molar-refractivity contribution in [1.82, 2.24) is 0 Å². The molecule has 0 saturated heterocycles. The average molecular weight is 408 g/mol. The van der Waals surface area contributed by atoms with Crippen molar-refractivity contribution in [3.05, 3.63) is 62.3 Å². The molecule has 0 amide bonds. The van der Waals surface area contributed by atoms with E-state index in [-0.39, 0.29) is 5.82 Å². The van der Waals surface area contributed by atoms with Gasteiger partial charge in [0, 0.05) is 20.1 Å². The number of hydrogen-bond donors (Lipinski definition) is 0. The highest BCUT2D eigenvalue weighted by Crippen LogP contribution is 2.38. The molecule has 0 aliphatic rings. The van der Waals surface area contributed by atoms with E-state index in [0.29, 0.717) is 11.3 Å². The second-order valence-corrected chi connectivity index (χ2v) is 6.18. The Bertz CT molecular complexity index is 604. The summed E-state index contributed by atoms with van der Waals surface area (Å²) in [5.74, 6) is 0.285. The van der Waals surface area contributed by atoms with Crippen LogP contribution in [0.15, 0.2) is 45.3 Å². The van der Waals surface area contributed by atoms with Gasteiger partial charge in [-0.05, 0) is 36.4 Å². The largest absolute Gasteiger partial charge is 0.496 e. The van der Waals surface area contributed by atoms with Crippen molar-refractivity contribution in [2.75, 3.05) is 7.11 Å². The van der Waals surface area contributed by atoms with Gasteiger partial charge in [0.15, 0.2) is 0 Å². The zero-order chi connectivity index (χ0) is 14.0. The van der Waals surface area contributed by atoms with Gasteiger partial charge >= 0.3 is 0 Å². The number of ether oxygens (including phenoxy) is 1. The third-order valence-corrected chi connectivity index (χ3v) is 4.15. The van der Waals surface area contributed by atoms with Gasteiger partial charge in [-0.25, -0.2) is 4.39 Å². The second-order valence-electron chi connectivity index (χ2n) is 3.91. The van der Waals surface area contributed by atoms with Gasteiger partial charge in [0.1, 0.15) is 11.6 Å². The first-order valence-electron chi connectivity index (χ1n) is 5.45. The van der Waals surface area contributed by atoms with Crippen LogP contribution in [-0.2, 0) is 0 Å². The Labute approximate surface area is 133 Å². The van der Waals surface area contributed by atoms with Gasteiger partial charge in [0.25, 0.3) is 0 Å². The topological polar surface area (TPSA) is 9.23 Å². The summed E-state index contributed by atoms with van der Waals surface area (Å²) in [4.78, 5) is 0. The number of alkyl halides is 1. The van der Waals surface area contributed by atoms with E-state index in [2.05, 4.69) is 31.9 Å². The lowest BCUT2D eigenvalue weighted by Crippen LogP contribution is -2.00. The van der Waals surface area contributed by atoms with Crippen molar-refractivity contribution in [1.29, 1.82) is 0 Å². The van der Waals surface area contributed by atoms with E-state index in [9.17, 15) is 4.39 Å². The predicted octanol–water partition coefficient (Wildman–Crippen LogP) is 5.69. The van der Waals surface area contributed by atoms with Gasteiger partial charge in [-0.2, -0.15) is 0 Å². The van der Waals surface area contributed by atoms with Crippen molar-refractivity contribution in [3.63, 3.8) is 0 Å². The SMILES string of the molecule is COc1ccc(Br)cc1C(Cl)c1cc(Br)ccc1F. The molecule has 1 nitrogen and oxygen atoms in total. The van der Waals surface area contributed by atoms with Gasteiger partial charge in [0.2, 0.25) is 0 Å². The van der Waals surface area contributed by atoms with Crippen LogP contribution in [0.2, 0.25) is 0 Å².